The van der Waals surface area contributed by atoms with Crippen molar-refractivity contribution < 1.29 is 13.5 Å². The van der Waals surface area contributed by atoms with Crippen molar-refractivity contribution in [3.05, 3.63) is 29.6 Å². The van der Waals surface area contributed by atoms with Crippen molar-refractivity contribution in [3.63, 3.8) is 0 Å². The molecule has 1 aliphatic heterocycles. The Balaban J connectivity index is 2.44. The van der Waals surface area contributed by atoms with Gasteiger partial charge in [0, 0.05) is 12.1 Å². The predicted octanol–water partition coefficient (Wildman–Crippen LogP) is 1.99. The quantitative estimate of drug-likeness (QED) is 0.811. The van der Waals surface area contributed by atoms with Crippen molar-refractivity contribution in [1.82, 2.24) is 5.32 Å². The van der Waals surface area contributed by atoms with E-state index in [2.05, 4.69) is 5.32 Å². The summed E-state index contributed by atoms with van der Waals surface area (Å²) in [7, 11) is 1.46. The van der Waals surface area contributed by atoms with Gasteiger partial charge in [0.1, 0.15) is 11.6 Å². The molecule has 0 bridgehead atoms. The molecule has 4 heteroatoms. The zero-order valence-electron chi connectivity index (χ0n) is 8.52. The van der Waals surface area contributed by atoms with Crippen LogP contribution >= 0.6 is 0 Å². The number of hydrogen-bond donors (Lipinski definition) is 1. The van der Waals surface area contributed by atoms with Gasteiger partial charge in [-0.05, 0) is 31.2 Å². The maximum Gasteiger partial charge on any atom is 0.153 e. The Kier molecular flexibility index (Phi) is 2.61. The first-order valence-corrected chi connectivity index (χ1v) is 4.89. The van der Waals surface area contributed by atoms with Crippen LogP contribution in [0.4, 0.5) is 8.78 Å². The smallest absolute Gasteiger partial charge is 0.153 e. The number of alkyl halides is 1. The third-order valence-electron chi connectivity index (χ3n) is 2.75. The zero-order chi connectivity index (χ0) is 10.9. The molecule has 0 radical (unpaired) electrons. The molecule has 0 spiro atoms. The molecule has 1 heterocycles. The number of rotatable bonds is 2. The van der Waals surface area contributed by atoms with Gasteiger partial charge >= 0.3 is 0 Å². The van der Waals surface area contributed by atoms with Crippen LogP contribution in [0.5, 0.6) is 5.75 Å². The second-order valence-corrected chi connectivity index (χ2v) is 3.74. The lowest BCUT2D eigenvalue weighted by atomic mass is 9.94. The lowest BCUT2D eigenvalue weighted by Gasteiger charge is -2.21. The van der Waals surface area contributed by atoms with Crippen LogP contribution in [0.1, 0.15) is 12.0 Å². The van der Waals surface area contributed by atoms with Crippen LogP contribution in [0.25, 0.3) is 0 Å². The summed E-state index contributed by atoms with van der Waals surface area (Å²) in [5.41, 5.74) is -1.21. The summed E-state index contributed by atoms with van der Waals surface area (Å²) in [6, 6.07) is 3.95. The molecule has 1 aromatic carbocycles. The Labute approximate surface area is 87.2 Å². The van der Waals surface area contributed by atoms with Crippen molar-refractivity contribution in [1.29, 1.82) is 0 Å². The first kappa shape index (κ1) is 10.4. The molecule has 0 amide bonds. The molecular formula is C11H13F2NO. The third-order valence-corrected chi connectivity index (χ3v) is 2.75. The summed E-state index contributed by atoms with van der Waals surface area (Å²) in [6.07, 6.45) is 0.354. The number of hydrogen-bond acceptors (Lipinski definition) is 2. The lowest BCUT2D eigenvalue weighted by Crippen LogP contribution is -2.24. The summed E-state index contributed by atoms with van der Waals surface area (Å²) < 4.78 is 32.5. The van der Waals surface area contributed by atoms with Crippen LogP contribution < -0.4 is 10.1 Å². The second kappa shape index (κ2) is 3.77. The average molecular weight is 213 g/mol. The predicted molar refractivity (Wildman–Crippen MR) is 53.2 cm³/mol. The summed E-state index contributed by atoms with van der Waals surface area (Å²) in [4.78, 5) is 0. The summed E-state index contributed by atoms with van der Waals surface area (Å²) in [5.74, 6) is -0.0303. The van der Waals surface area contributed by atoms with E-state index in [1.165, 1.54) is 25.3 Å². The van der Waals surface area contributed by atoms with E-state index in [9.17, 15) is 8.78 Å². The fraction of sp³-hybridized carbons (Fsp3) is 0.455. The molecule has 0 saturated carbocycles. The highest BCUT2D eigenvalue weighted by atomic mass is 19.1. The molecule has 1 saturated heterocycles. The molecule has 0 aromatic heterocycles. The highest BCUT2D eigenvalue weighted by Crippen LogP contribution is 2.38. The Morgan fingerprint density at radius 1 is 1.47 bits per heavy atom. The van der Waals surface area contributed by atoms with E-state index < -0.39 is 11.5 Å². The second-order valence-electron chi connectivity index (χ2n) is 3.74. The van der Waals surface area contributed by atoms with E-state index in [0.29, 0.717) is 24.3 Å². The molecule has 82 valence electrons. The molecule has 1 fully saturated rings. The van der Waals surface area contributed by atoms with Crippen LogP contribution in [0.15, 0.2) is 18.2 Å². The van der Waals surface area contributed by atoms with Crippen molar-refractivity contribution in [3.8, 4) is 5.75 Å². The monoisotopic (exact) mass is 213 g/mol. The minimum absolute atomic E-state index is 0.215. The van der Waals surface area contributed by atoms with Crippen molar-refractivity contribution >= 4 is 0 Å². The number of methoxy groups -OCH3 is 1. The molecular weight excluding hydrogens is 200 g/mol. The minimum atomic E-state index is -1.51. The molecule has 1 atom stereocenters. The Hall–Kier alpha value is -1.16. The molecule has 1 aliphatic rings. The van der Waals surface area contributed by atoms with E-state index in [0.717, 1.165) is 0 Å². The van der Waals surface area contributed by atoms with Crippen LogP contribution in [0, 0.1) is 5.82 Å². The zero-order valence-corrected chi connectivity index (χ0v) is 8.52. The van der Waals surface area contributed by atoms with E-state index >= 15 is 0 Å². The lowest BCUT2D eigenvalue weighted by molar-refractivity contribution is 0.186. The molecule has 1 N–H and O–H groups in total. The molecule has 1 unspecified atom stereocenters. The van der Waals surface area contributed by atoms with Gasteiger partial charge in [0.25, 0.3) is 0 Å². The minimum Gasteiger partial charge on any atom is -0.496 e. The van der Waals surface area contributed by atoms with Gasteiger partial charge in [-0.2, -0.15) is 0 Å². The fourth-order valence-electron chi connectivity index (χ4n) is 1.92. The van der Waals surface area contributed by atoms with Gasteiger partial charge in [-0.15, -0.1) is 0 Å². The summed E-state index contributed by atoms with van der Waals surface area (Å²) in [5, 5.41) is 2.93. The fourth-order valence-corrected chi connectivity index (χ4v) is 1.92. The maximum atomic E-state index is 14.4. The van der Waals surface area contributed by atoms with Gasteiger partial charge < -0.3 is 10.1 Å². The van der Waals surface area contributed by atoms with E-state index in [1.807, 2.05) is 0 Å². The van der Waals surface area contributed by atoms with Crippen LogP contribution in [-0.2, 0) is 5.67 Å². The van der Waals surface area contributed by atoms with Gasteiger partial charge in [-0.3, -0.25) is 0 Å². The van der Waals surface area contributed by atoms with Crippen LogP contribution in [-0.4, -0.2) is 20.2 Å². The van der Waals surface area contributed by atoms with Crippen molar-refractivity contribution in [2.75, 3.05) is 20.2 Å². The largest absolute Gasteiger partial charge is 0.496 e. The van der Waals surface area contributed by atoms with Gasteiger partial charge in [0.15, 0.2) is 5.67 Å². The standard InChI is InChI=1S/C11H13F2NO/c1-15-10-3-2-8(12)6-9(10)11(13)4-5-14-7-11/h2-3,6,14H,4-5,7H2,1H3. The number of nitrogens with one attached hydrogen (secondary N) is 1. The SMILES string of the molecule is COc1ccc(F)cc1C1(F)CCNC1. The number of benzene rings is 1. The molecule has 15 heavy (non-hydrogen) atoms. The Morgan fingerprint density at radius 3 is 2.87 bits per heavy atom. The highest BCUT2D eigenvalue weighted by Gasteiger charge is 2.38. The van der Waals surface area contributed by atoms with E-state index in [4.69, 9.17) is 4.74 Å². The van der Waals surface area contributed by atoms with Crippen molar-refractivity contribution in [2.45, 2.75) is 12.1 Å². The first-order valence-electron chi connectivity index (χ1n) is 4.89. The topological polar surface area (TPSA) is 21.3 Å². The highest BCUT2D eigenvalue weighted by molar-refractivity contribution is 5.39. The summed E-state index contributed by atoms with van der Waals surface area (Å²) in [6.45, 7) is 0.822. The number of ether oxygens (including phenoxy) is 1. The van der Waals surface area contributed by atoms with Crippen LogP contribution in [0.3, 0.4) is 0 Å². The van der Waals surface area contributed by atoms with Gasteiger partial charge in [-0.25, -0.2) is 8.78 Å². The number of halogens is 2. The van der Waals surface area contributed by atoms with Gasteiger partial charge in [0.2, 0.25) is 0 Å². The van der Waals surface area contributed by atoms with Crippen LogP contribution in [0.2, 0.25) is 0 Å². The Bertz CT molecular complexity index is 362. The summed E-state index contributed by atoms with van der Waals surface area (Å²) >= 11 is 0. The Morgan fingerprint density at radius 2 is 2.27 bits per heavy atom. The van der Waals surface area contributed by atoms with E-state index in [1.54, 1.807) is 0 Å². The normalized spacial score (nSPS) is 25.5. The maximum absolute atomic E-state index is 14.4. The molecule has 0 aliphatic carbocycles. The van der Waals surface area contributed by atoms with E-state index in [-0.39, 0.29) is 6.54 Å². The third kappa shape index (κ3) is 1.81. The first-order chi connectivity index (χ1) is 7.15. The molecule has 2 nitrogen and oxygen atoms in total. The molecule has 1 aromatic rings. The molecule has 2 rings (SSSR count). The van der Waals surface area contributed by atoms with Gasteiger partial charge in [0.05, 0.1) is 7.11 Å². The average Bonchev–Trinajstić information content (AvgIpc) is 2.66. The van der Waals surface area contributed by atoms with Crippen molar-refractivity contribution in [2.24, 2.45) is 0 Å². The van der Waals surface area contributed by atoms with Gasteiger partial charge in [-0.1, -0.05) is 0 Å².